The van der Waals surface area contributed by atoms with Crippen molar-refractivity contribution in [3.05, 3.63) is 12.4 Å². The number of amides is 1. The minimum absolute atomic E-state index is 0.112. The molecule has 0 radical (unpaired) electrons. The quantitative estimate of drug-likeness (QED) is 0.792. The van der Waals surface area contributed by atoms with Crippen LogP contribution in [0.3, 0.4) is 0 Å². The zero-order valence-electron chi connectivity index (χ0n) is 10.4. The summed E-state index contributed by atoms with van der Waals surface area (Å²) in [7, 11) is 1.63. The van der Waals surface area contributed by atoms with Gasteiger partial charge in [0, 0.05) is 19.2 Å². The Morgan fingerprint density at radius 1 is 1.65 bits per heavy atom. The van der Waals surface area contributed by atoms with Crippen LogP contribution in [0, 0.1) is 5.41 Å². The number of halogens is 1. The summed E-state index contributed by atoms with van der Waals surface area (Å²) in [4.78, 5) is 11.8. The number of hydrogen-bond donors (Lipinski definition) is 1. The Balaban J connectivity index is 2.57. The summed E-state index contributed by atoms with van der Waals surface area (Å²) in [5, 5.41) is 6.89. The Morgan fingerprint density at radius 2 is 2.35 bits per heavy atom. The van der Waals surface area contributed by atoms with Gasteiger partial charge in [-0.2, -0.15) is 5.10 Å². The summed E-state index contributed by atoms with van der Waals surface area (Å²) >= 11 is 5.73. The summed E-state index contributed by atoms with van der Waals surface area (Å²) < 4.78 is 6.66. The van der Waals surface area contributed by atoms with E-state index in [1.165, 1.54) is 0 Å². The number of rotatable bonds is 6. The monoisotopic (exact) mass is 259 g/mol. The van der Waals surface area contributed by atoms with Crippen LogP contribution in [-0.2, 0) is 16.1 Å². The third kappa shape index (κ3) is 4.02. The highest BCUT2D eigenvalue weighted by Gasteiger charge is 2.26. The van der Waals surface area contributed by atoms with Gasteiger partial charge in [-0.1, -0.05) is 0 Å². The van der Waals surface area contributed by atoms with Crippen LogP contribution in [0.5, 0.6) is 0 Å². The lowest BCUT2D eigenvalue weighted by atomic mass is 9.95. The van der Waals surface area contributed by atoms with Crippen molar-refractivity contribution in [3.8, 4) is 0 Å². The summed E-state index contributed by atoms with van der Waals surface area (Å²) in [5.41, 5.74) is 0.0835. The standard InChI is InChI=1S/C11H18ClN3O2/c1-11(2,8-12)10(16)14-9-6-13-15(7-9)4-5-17-3/h6-7H,4-5,8H2,1-3H3,(H,14,16). The Kier molecular flexibility index (Phi) is 4.96. The van der Waals surface area contributed by atoms with E-state index in [1.807, 2.05) is 0 Å². The molecule has 0 aliphatic rings. The predicted molar refractivity (Wildman–Crippen MR) is 67.2 cm³/mol. The molecule has 1 rings (SSSR count). The smallest absolute Gasteiger partial charge is 0.231 e. The second-order valence-corrected chi connectivity index (χ2v) is 4.72. The largest absolute Gasteiger partial charge is 0.383 e. The van der Waals surface area contributed by atoms with Crippen molar-refractivity contribution in [2.45, 2.75) is 20.4 Å². The van der Waals surface area contributed by atoms with Crippen molar-refractivity contribution in [2.24, 2.45) is 5.41 Å². The molecule has 0 atom stereocenters. The van der Waals surface area contributed by atoms with Gasteiger partial charge >= 0.3 is 0 Å². The Bertz CT molecular complexity index is 377. The summed E-state index contributed by atoms with van der Waals surface area (Å²) in [6.07, 6.45) is 3.37. The first kappa shape index (κ1) is 14.0. The lowest BCUT2D eigenvalue weighted by Gasteiger charge is -2.19. The Morgan fingerprint density at radius 3 is 2.94 bits per heavy atom. The van der Waals surface area contributed by atoms with Gasteiger partial charge in [-0.3, -0.25) is 9.48 Å². The second kappa shape index (κ2) is 6.02. The summed E-state index contributed by atoms with van der Waals surface area (Å²) in [6, 6.07) is 0. The molecule has 0 unspecified atom stereocenters. The number of aromatic nitrogens is 2. The zero-order valence-corrected chi connectivity index (χ0v) is 11.1. The molecule has 0 saturated carbocycles. The third-order valence-electron chi connectivity index (χ3n) is 2.36. The maximum absolute atomic E-state index is 11.8. The number of carbonyl (C=O) groups excluding carboxylic acids is 1. The molecule has 6 heteroatoms. The minimum Gasteiger partial charge on any atom is -0.383 e. The Hall–Kier alpha value is -1.07. The van der Waals surface area contributed by atoms with E-state index in [1.54, 1.807) is 38.0 Å². The van der Waals surface area contributed by atoms with E-state index in [0.29, 0.717) is 18.8 Å². The third-order valence-corrected chi connectivity index (χ3v) is 3.03. The summed E-state index contributed by atoms with van der Waals surface area (Å²) in [6.45, 7) is 4.84. The maximum atomic E-state index is 11.8. The average molecular weight is 260 g/mol. The highest BCUT2D eigenvalue weighted by atomic mass is 35.5. The van der Waals surface area contributed by atoms with Crippen LogP contribution in [-0.4, -0.2) is 35.3 Å². The maximum Gasteiger partial charge on any atom is 0.231 e. The van der Waals surface area contributed by atoms with Crippen molar-refractivity contribution in [1.82, 2.24) is 9.78 Å². The number of alkyl halides is 1. The van der Waals surface area contributed by atoms with Crippen LogP contribution in [0.15, 0.2) is 12.4 Å². The van der Waals surface area contributed by atoms with Gasteiger partial charge in [0.15, 0.2) is 0 Å². The fourth-order valence-corrected chi connectivity index (χ4v) is 1.22. The van der Waals surface area contributed by atoms with Crippen molar-refractivity contribution in [2.75, 3.05) is 24.9 Å². The number of nitrogens with zero attached hydrogens (tertiary/aromatic N) is 2. The van der Waals surface area contributed by atoms with Crippen LogP contribution in [0.1, 0.15) is 13.8 Å². The van der Waals surface area contributed by atoms with E-state index < -0.39 is 5.41 Å². The van der Waals surface area contributed by atoms with Gasteiger partial charge in [0.1, 0.15) is 0 Å². The first-order valence-corrected chi connectivity index (χ1v) is 5.92. The van der Waals surface area contributed by atoms with Gasteiger partial charge in [0.05, 0.1) is 30.5 Å². The van der Waals surface area contributed by atoms with Gasteiger partial charge < -0.3 is 10.1 Å². The van der Waals surface area contributed by atoms with Crippen molar-refractivity contribution < 1.29 is 9.53 Å². The molecule has 0 fully saturated rings. The van der Waals surface area contributed by atoms with Crippen LogP contribution >= 0.6 is 11.6 Å². The molecule has 1 heterocycles. The van der Waals surface area contributed by atoms with E-state index >= 15 is 0 Å². The number of nitrogens with one attached hydrogen (secondary N) is 1. The lowest BCUT2D eigenvalue weighted by Crippen LogP contribution is -2.32. The molecule has 5 nitrogen and oxygen atoms in total. The molecule has 0 spiro atoms. The molecule has 1 N–H and O–H groups in total. The molecule has 0 aromatic carbocycles. The molecule has 0 bridgehead atoms. The molecule has 0 aliphatic carbocycles. The van der Waals surface area contributed by atoms with Crippen LogP contribution in [0.2, 0.25) is 0 Å². The lowest BCUT2D eigenvalue weighted by molar-refractivity contribution is -0.122. The molecule has 1 aromatic heterocycles. The molecule has 17 heavy (non-hydrogen) atoms. The van der Waals surface area contributed by atoms with Crippen molar-refractivity contribution in [3.63, 3.8) is 0 Å². The van der Waals surface area contributed by atoms with Gasteiger partial charge in [-0.15, -0.1) is 11.6 Å². The Labute approximate surface area is 106 Å². The zero-order chi connectivity index (χ0) is 12.9. The molecule has 96 valence electrons. The van der Waals surface area contributed by atoms with Crippen LogP contribution in [0.25, 0.3) is 0 Å². The second-order valence-electron chi connectivity index (χ2n) is 4.46. The van der Waals surface area contributed by atoms with E-state index in [2.05, 4.69) is 10.4 Å². The normalized spacial score (nSPS) is 11.5. The van der Waals surface area contributed by atoms with E-state index in [-0.39, 0.29) is 11.8 Å². The summed E-state index contributed by atoms with van der Waals surface area (Å²) in [5.74, 6) is 0.162. The van der Waals surface area contributed by atoms with Gasteiger partial charge in [-0.25, -0.2) is 0 Å². The van der Waals surface area contributed by atoms with Crippen LogP contribution in [0.4, 0.5) is 5.69 Å². The molecular formula is C11H18ClN3O2. The average Bonchev–Trinajstić information content (AvgIpc) is 2.74. The number of anilines is 1. The molecular weight excluding hydrogens is 242 g/mol. The van der Waals surface area contributed by atoms with Crippen molar-refractivity contribution >= 4 is 23.2 Å². The highest BCUT2D eigenvalue weighted by molar-refractivity contribution is 6.20. The molecule has 1 amide bonds. The number of carbonyl (C=O) groups is 1. The van der Waals surface area contributed by atoms with E-state index in [9.17, 15) is 4.79 Å². The number of methoxy groups -OCH3 is 1. The molecule has 0 aliphatic heterocycles. The van der Waals surface area contributed by atoms with Gasteiger partial charge in [0.2, 0.25) is 5.91 Å². The van der Waals surface area contributed by atoms with E-state index in [4.69, 9.17) is 16.3 Å². The molecule has 1 aromatic rings. The fraction of sp³-hybridized carbons (Fsp3) is 0.636. The van der Waals surface area contributed by atoms with Gasteiger partial charge in [-0.05, 0) is 13.8 Å². The first-order valence-electron chi connectivity index (χ1n) is 5.38. The van der Waals surface area contributed by atoms with Crippen molar-refractivity contribution in [1.29, 1.82) is 0 Å². The number of ether oxygens (including phenoxy) is 1. The first-order chi connectivity index (χ1) is 7.99. The SMILES string of the molecule is COCCn1cc(NC(=O)C(C)(C)CCl)cn1. The van der Waals surface area contributed by atoms with Gasteiger partial charge in [0.25, 0.3) is 0 Å². The number of hydrogen-bond acceptors (Lipinski definition) is 3. The fourth-order valence-electron chi connectivity index (χ4n) is 1.10. The minimum atomic E-state index is -0.587. The topological polar surface area (TPSA) is 56.1 Å². The van der Waals surface area contributed by atoms with Crippen LogP contribution < -0.4 is 5.32 Å². The predicted octanol–water partition coefficient (Wildman–Crippen LogP) is 1.73. The van der Waals surface area contributed by atoms with E-state index in [0.717, 1.165) is 0 Å². The molecule has 0 saturated heterocycles. The highest BCUT2D eigenvalue weighted by Crippen LogP contribution is 2.19.